The zero-order chi connectivity index (χ0) is 31.4. The maximum absolute atomic E-state index is 16.2. The molecule has 3 atom stereocenters. The van der Waals surface area contributed by atoms with Crippen LogP contribution in [-0.4, -0.2) is 47.1 Å². The number of carbonyl (C=O) groups excluding carboxylic acids is 1. The van der Waals surface area contributed by atoms with Crippen LogP contribution in [0.5, 0.6) is 0 Å². The first-order valence-corrected chi connectivity index (χ1v) is 16.6. The van der Waals surface area contributed by atoms with Gasteiger partial charge in [-0.2, -0.15) is 31.8 Å². The summed E-state index contributed by atoms with van der Waals surface area (Å²) in [5.74, 6) is -4.48. The molecule has 13 heteroatoms. The molecule has 238 valence electrons. The predicted octanol–water partition coefficient (Wildman–Crippen LogP) is 6.47. The van der Waals surface area contributed by atoms with E-state index in [1.807, 2.05) is 16.3 Å². The van der Waals surface area contributed by atoms with Crippen LogP contribution in [0.1, 0.15) is 69.4 Å². The fourth-order valence-electron chi connectivity index (χ4n) is 7.32. The second-order valence-corrected chi connectivity index (χ2v) is 14.4. The number of nitrogens with zero attached hydrogens (tertiary/aromatic N) is 3. The quantitative estimate of drug-likeness (QED) is 0.287. The van der Waals surface area contributed by atoms with Crippen LogP contribution >= 0.6 is 0 Å². The number of fused-ring (bicyclic) bond motifs is 3. The lowest BCUT2D eigenvalue weighted by Crippen LogP contribution is -2.59. The molecule has 44 heavy (non-hydrogen) atoms. The van der Waals surface area contributed by atoms with Gasteiger partial charge in [-0.3, -0.25) is 9.48 Å². The van der Waals surface area contributed by atoms with E-state index in [0.717, 1.165) is 25.7 Å². The van der Waals surface area contributed by atoms with Gasteiger partial charge in [-0.25, -0.2) is 8.42 Å². The Balaban J connectivity index is 1.33. The van der Waals surface area contributed by atoms with Gasteiger partial charge in [-0.15, -0.1) is 0 Å². The van der Waals surface area contributed by atoms with Gasteiger partial charge in [0, 0.05) is 29.6 Å². The first-order valence-electron chi connectivity index (χ1n) is 15.1. The Labute approximate surface area is 252 Å². The molecular weight excluding hydrogens is 603 g/mol. The van der Waals surface area contributed by atoms with Crippen molar-refractivity contribution in [1.29, 1.82) is 0 Å². The Morgan fingerprint density at radius 2 is 1.57 bits per heavy atom. The minimum absolute atomic E-state index is 0.281. The molecule has 3 heterocycles. The highest BCUT2D eigenvalue weighted by Gasteiger charge is 2.53. The number of amides is 1. The molecule has 6 rings (SSSR count). The number of hydrogen-bond acceptors (Lipinski definition) is 4. The molecule has 7 nitrogen and oxygen atoms in total. The van der Waals surface area contributed by atoms with E-state index < -0.39 is 45.2 Å². The van der Waals surface area contributed by atoms with Crippen molar-refractivity contribution < 1.29 is 35.2 Å². The van der Waals surface area contributed by atoms with Crippen molar-refractivity contribution in [2.45, 2.75) is 100.0 Å². The third kappa shape index (κ3) is 5.84. The van der Waals surface area contributed by atoms with E-state index in [-0.39, 0.29) is 22.9 Å². The molecule has 1 amide bonds. The number of alkyl halides is 5. The molecular formula is C31H35F5N4O3S. The fourth-order valence-corrected chi connectivity index (χ4v) is 8.55. The third-order valence-electron chi connectivity index (χ3n) is 9.53. The van der Waals surface area contributed by atoms with Crippen LogP contribution in [0.15, 0.2) is 53.6 Å². The summed E-state index contributed by atoms with van der Waals surface area (Å²) in [5.41, 5.74) is -1.32. The maximum atomic E-state index is 16.2. The van der Waals surface area contributed by atoms with Gasteiger partial charge in [0.05, 0.1) is 22.2 Å². The lowest BCUT2D eigenvalue weighted by Gasteiger charge is -2.41. The van der Waals surface area contributed by atoms with E-state index in [2.05, 4.69) is 5.10 Å². The Morgan fingerprint density at radius 3 is 2.18 bits per heavy atom. The Kier molecular flexibility index (Phi) is 8.01. The summed E-state index contributed by atoms with van der Waals surface area (Å²) in [6, 6.07) is 3.20. The van der Waals surface area contributed by atoms with Crippen LogP contribution in [0.2, 0.25) is 0 Å². The first-order chi connectivity index (χ1) is 20.7. The number of rotatable bonds is 8. The molecule has 2 aromatic carbocycles. The monoisotopic (exact) mass is 638 g/mol. The largest absolute Gasteiger partial charge is 0.416 e. The molecule has 1 aromatic heterocycles. The summed E-state index contributed by atoms with van der Waals surface area (Å²) in [7, 11) is -4.69. The van der Waals surface area contributed by atoms with Crippen LogP contribution < -0.4 is 4.72 Å². The average Bonchev–Trinajstić information content (AvgIpc) is 3.70. The van der Waals surface area contributed by atoms with E-state index >= 15 is 8.78 Å². The maximum Gasteiger partial charge on any atom is 0.416 e. The Bertz CT molecular complexity index is 1620. The van der Waals surface area contributed by atoms with Crippen molar-refractivity contribution in [3.63, 3.8) is 0 Å². The van der Waals surface area contributed by atoms with Gasteiger partial charge in [0.1, 0.15) is 0 Å². The van der Waals surface area contributed by atoms with Crippen LogP contribution in [0, 0.1) is 11.8 Å². The molecule has 1 N–H and O–H groups in total. The number of sulfonamides is 1. The predicted molar refractivity (Wildman–Crippen MR) is 153 cm³/mol. The summed E-state index contributed by atoms with van der Waals surface area (Å²) in [6.45, 7) is 2.72. The van der Waals surface area contributed by atoms with Gasteiger partial charge in [0.2, 0.25) is 15.9 Å². The van der Waals surface area contributed by atoms with E-state index in [4.69, 9.17) is 0 Å². The highest BCUT2D eigenvalue weighted by molar-refractivity contribution is 7.89. The smallest absolute Gasteiger partial charge is 0.335 e. The normalized spacial score (nSPS) is 23.9. The summed E-state index contributed by atoms with van der Waals surface area (Å²) in [4.78, 5) is 15.0. The number of carbonyl (C=O) groups is 1. The molecule has 0 radical (unpaired) electrons. The summed E-state index contributed by atoms with van der Waals surface area (Å²) in [6.07, 6.45) is 3.73. The highest BCUT2D eigenvalue weighted by Crippen LogP contribution is 2.42. The number of piperidine rings is 1. The van der Waals surface area contributed by atoms with Crippen molar-refractivity contribution >= 4 is 26.8 Å². The lowest BCUT2D eigenvalue weighted by molar-refractivity contribution is -0.149. The number of benzene rings is 2. The van der Waals surface area contributed by atoms with E-state index in [9.17, 15) is 26.4 Å². The second kappa shape index (κ2) is 11.4. The molecule has 2 aliphatic heterocycles. The van der Waals surface area contributed by atoms with Crippen molar-refractivity contribution in [2.75, 3.05) is 0 Å². The van der Waals surface area contributed by atoms with Crippen LogP contribution in [0.25, 0.3) is 10.9 Å². The molecule has 1 saturated carbocycles. The second-order valence-electron chi connectivity index (χ2n) is 12.7. The Hall–Kier alpha value is -3.06. The molecule has 3 aliphatic rings. The fraction of sp³-hybridized carbons (Fsp3) is 0.548. The molecule has 3 unspecified atom stereocenters. The van der Waals surface area contributed by atoms with Gasteiger partial charge in [0.15, 0.2) is 6.04 Å². The third-order valence-corrected chi connectivity index (χ3v) is 11.0. The molecule has 2 bridgehead atoms. The van der Waals surface area contributed by atoms with Crippen molar-refractivity contribution in [2.24, 2.45) is 11.8 Å². The van der Waals surface area contributed by atoms with E-state index in [1.54, 1.807) is 6.07 Å². The van der Waals surface area contributed by atoms with E-state index in [1.165, 1.54) is 23.2 Å². The molecule has 3 fully saturated rings. The number of aromatic nitrogens is 2. The van der Waals surface area contributed by atoms with Crippen molar-refractivity contribution in [1.82, 2.24) is 19.4 Å². The minimum Gasteiger partial charge on any atom is -0.335 e. The van der Waals surface area contributed by atoms with Gasteiger partial charge in [-0.05, 0) is 80.7 Å². The molecule has 2 saturated heterocycles. The minimum atomic E-state index is -4.75. The highest BCUT2D eigenvalue weighted by atomic mass is 32.2. The van der Waals surface area contributed by atoms with Crippen molar-refractivity contribution in [3.8, 4) is 0 Å². The van der Waals surface area contributed by atoms with Gasteiger partial charge in [-0.1, -0.05) is 31.9 Å². The van der Waals surface area contributed by atoms with E-state index in [0.29, 0.717) is 73.3 Å². The lowest BCUT2D eigenvalue weighted by atomic mass is 9.91. The van der Waals surface area contributed by atoms with Crippen LogP contribution in [0.3, 0.4) is 0 Å². The molecule has 3 aromatic rings. The standard InChI is InChI=1S/C31H35F5N4O3S/c1-19-14-24-10-11-25(15-19)40(24)29(41)28(30(32,33)22-6-8-23(9-7-22)31(34,35)36)38-44(42,43)26-12-13-27-21(16-26)17-37-39(27)18-20-4-2-3-5-20/h6-9,12-13,16-17,19-20,24-25,28,38H,2-5,10-11,14-15,18H2,1H3. The van der Waals surface area contributed by atoms with Gasteiger partial charge >= 0.3 is 6.18 Å². The topological polar surface area (TPSA) is 84.3 Å². The zero-order valence-corrected chi connectivity index (χ0v) is 25.1. The molecule has 1 aliphatic carbocycles. The SMILES string of the molecule is CC1CC2CCC(C1)N2C(=O)C(NS(=O)(=O)c1ccc2c(cnn2CC2CCCC2)c1)C(F)(F)c1ccc(C(F)(F)F)cc1. The molecule has 0 spiro atoms. The number of nitrogens with one attached hydrogen (secondary N) is 1. The summed E-state index contributed by atoms with van der Waals surface area (Å²) >= 11 is 0. The van der Waals surface area contributed by atoms with Gasteiger partial charge in [0.25, 0.3) is 5.92 Å². The average molecular weight is 639 g/mol. The zero-order valence-electron chi connectivity index (χ0n) is 24.2. The van der Waals surface area contributed by atoms with Crippen LogP contribution in [0.4, 0.5) is 22.0 Å². The first kappa shape index (κ1) is 30.9. The van der Waals surface area contributed by atoms with Gasteiger partial charge < -0.3 is 4.90 Å². The Morgan fingerprint density at radius 1 is 0.955 bits per heavy atom. The number of halogens is 5. The van der Waals surface area contributed by atoms with Crippen molar-refractivity contribution in [3.05, 3.63) is 59.8 Å². The summed E-state index contributed by atoms with van der Waals surface area (Å²) in [5, 5.41) is 4.91. The summed E-state index contributed by atoms with van der Waals surface area (Å²) < 4.78 is 103. The number of hydrogen-bond donors (Lipinski definition) is 1. The van der Waals surface area contributed by atoms with Crippen LogP contribution in [-0.2, 0) is 33.5 Å².